The molecule has 8 heteroatoms. The molecule has 1 N–H and O–H groups in total. The first kappa shape index (κ1) is 18.3. The minimum Gasteiger partial charge on any atom is -0.493 e. The molecule has 6 nitrogen and oxygen atoms in total. The van der Waals surface area contributed by atoms with E-state index in [0.29, 0.717) is 36.5 Å². The Morgan fingerprint density at radius 2 is 1.91 bits per heavy atom. The molecule has 0 spiro atoms. The van der Waals surface area contributed by atoms with Crippen LogP contribution in [-0.2, 0) is 10.0 Å². The Bertz CT molecular complexity index is 653. The highest BCUT2D eigenvalue weighted by Gasteiger charge is 2.37. The molecular weight excluding hydrogens is 340 g/mol. The van der Waals surface area contributed by atoms with Crippen LogP contribution in [0.25, 0.3) is 0 Å². The summed E-state index contributed by atoms with van der Waals surface area (Å²) in [7, 11) is -0.453. The summed E-state index contributed by atoms with van der Waals surface area (Å²) in [6.07, 6.45) is 1.92. The molecule has 2 unspecified atom stereocenters. The predicted octanol–water partition coefficient (Wildman–Crippen LogP) is 1.50. The van der Waals surface area contributed by atoms with Crippen molar-refractivity contribution in [3.8, 4) is 11.5 Å². The number of hydrogen-bond donors (Lipinski definition) is 1. The van der Waals surface area contributed by atoms with E-state index in [-0.39, 0.29) is 17.3 Å². The van der Waals surface area contributed by atoms with Gasteiger partial charge in [0.15, 0.2) is 11.5 Å². The SMILES string of the molecule is COc1ccc(S(=O)(=O)N2CCC3NCCC3C2)cc1OC.Cl. The van der Waals surface area contributed by atoms with Gasteiger partial charge >= 0.3 is 0 Å². The minimum absolute atomic E-state index is 0. The van der Waals surface area contributed by atoms with Crippen LogP contribution in [0.5, 0.6) is 11.5 Å². The van der Waals surface area contributed by atoms with E-state index in [1.54, 1.807) is 16.4 Å². The Kier molecular flexibility index (Phi) is 5.78. The molecule has 2 fully saturated rings. The molecule has 130 valence electrons. The van der Waals surface area contributed by atoms with Gasteiger partial charge in [0.05, 0.1) is 19.1 Å². The van der Waals surface area contributed by atoms with E-state index in [9.17, 15) is 8.42 Å². The predicted molar refractivity (Wildman–Crippen MR) is 90.1 cm³/mol. The number of nitrogens with zero attached hydrogens (tertiary/aromatic N) is 1. The van der Waals surface area contributed by atoms with E-state index < -0.39 is 10.0 Å². The molecule has 1 aromatic rings. The molecule has 0 bridgehead atoms. The first-order chi connectivity index (χ1) is 10.6. The zero-order chi connectivity index (χ0) is 15.7. The van der Waals surface area contributed by atoms with E-state index in [1.807, 2.05) is 0 Å². The molecular formula is C15H23ClN2O4S. The molecule has 0 aromatic heterocycles. The van der Waals surface area contributed by atoms with Crippen molar-refractivity contribution < 1.29 is 17.9 Å². The summed E-state index contributed by atoms with van der Waals surface area (Å²) in [5, 5.41) is 3.45. The van der Waals surface area contributed by atoms with Gasteiger partial charge in [-0.25, -0.2) is 8.42 Å². The highest BCUT2D eigenvalue weighted by atomic mass is 35.5. The molecule has 2 heterocycles. The van der Waals surface area contributed by atoms with Crippen molar-refractivity contribution in [2.45, 2.75) is 23.8 Å². The second kappa shape index (κ2) is 7.25. The summed E-state index contributed by atoms with van der Waals surface area (Å²) < 4.78 is 37.7. The Morgan fingerprint density at radius 1 is 1.17 bits per heavy atom. The summed E-state index contributed by atoms with van der Waals surface area (Å²) in [6, 6.07) is 5.22. The number of hydrogen-bond acceptors (Lipinski definition) is 5. The topological polar surface area (TPSA) is 67.9 Å². The van der Waals surface area contributed by atoms with Crippen LogP contribution in [0, 0.1) is 5.92 Å². The highest BCUT2D eigenvalue weighted by molar-refractivity contribution is 7.89. The summed E-state index contributed by atoms with van der Waals surface area (Å²) in [6.45, 7) is 2.14. The number of rotatable bonds is 4. The van der Waals surface area contributed by atoms with Gasteiger partial charge in [-0.3, -0.25) is 0 Å². The van der Waals surface area contributed by atoms with Crippen molar-refractivity contribution in [3.63, 3.8) is 0 Å². The van der Waals surface area contributed by atoms with Gasteiger partial charge in [-0.15, -0.1) is 12.4 Å². The molecule has 1 aromatic carbocycles. The Labute approximate surface area is 143 Å². The Balaban J connectivity index is 0.00000192. The highest BCUT2D eigenvalue weighted by Crippen LogP contribution is 2.33. The van der Waals surface area contributed by atoms with E-state index in [1.165, 1.54) is 20.3 Å². The number of halogens is 1. The van der Waals surface area contributed by atoms with Crippen LogP contribution in [0.2, 0.25) is 0 Å². The normalized spacial score (nSPS) is 24.6. The second-order valence-electron chi connectivity index (χ2n) is 5.78. The fourth-order valence-electron chi connectivity index (χ4n) is 3.36. The van der Waals surface area contributed by atoms with Gasteiger partial charge in [0.25, 0.3) is 0 Å². The third kappa shape index (κ3) is 3.42. The first-order valence-electron chi connectivity index (χ1n) is 7.52. The molecule has 2 aliphatic heterocycles. The van der Waals surface area contributed by atoms with Gasteiger partial charge in [-0.05, 0) is 37.4 Å². The fourth-order valence-corrected chi connectivity index (χ4v) is 4.89. The van der Waals surface area contributed by atoms with Crippen molar-refractivity contribution in [2.75, 3.05) is 33.9 Å². The molecule has 0 aliphatic carbocycles. The summed E-state index contributed by atoms with van der Waals surface area (Å²) in [5.74, 6) is 1.38. The Morgan fingerprint density at radius 3 is 2.61 bits per heavy atom. The quantitative estimate of drug-likeness (QED) is 0.879. The maximum absolute atomic E-state index is 12.9. The molecule has 0 saturated carbocycles. The van der Waals surface area contributed by atoms with Crippen molar-refractivity contribution in [1.29, 1.82) is 0 Å². The van der Waals surface area contributed by atoms with E-state index >= 15 is 0 Å². The number of benzene rings is 1. The first-order valence-corrected chi connectivity index (χ1v) is 8.96. The van der Waals surface area contributed by atoms with E-state index in [0.717, 1.165) is 19.4 Å². The lowest BCUT2D eigenvalue weighted by Crippen LogP contribution is -2.46. The number of sulfonamides is 1. The number of ether oxygens (including phenoxy) is 2. The van der Waals surface area contributed by atoms with Gasteiger partial charge in [0.1, 0.15) is 0 Å². The van der Waals surface area contributed by atoms with E-state index in [2.05, 4.69) is 5.32 Å². The summed E-state index contributed by atoms with van der Waals surface area (Å²) in [5.41, 5.74) is 0. The number of fused-ring (bicyclic) bond motifs is 1. The standard InChI is InChI=1S/C15H22N2O4S.ClH/c1-20-14-4-3-12(9-15(14)21-2)22(18,19)17-8-6-13-11(10-17)5-7-16-13;/h3-4,9,11,13,16H,5-8,10H2,1-2H3;1H. The number of nitrogens with one attached hydrogen (secondary N) is 1. The lowest BCUT2D eigenvalue weighted by atomic mass is 9.95. The van der Waals surface area contributed by atoms with Crippen molar-refractivity contribution in [1.82, 2.24) is 9.62 Å². The van der Waals surface area contributed by atoms with Crippen molar-refractivity contribution in [2.24, 2.45) is 5.92 Å². The maximum atomic E-state index is 12.9. The molecule has 2 aliphatic rings. The minimum atomic E-state index is -3.49. The molecule has 0 radical (unpaired) electrons. The molecule has 3 rings (SSSR count). The van der Waals surface area contributed by atoms with Gasteiger partial charge in [-0.2, -0.15) is 4.31 Å². The van der Waals surface area contributed by atoms with Crippen LogP contribution in [0.15, 0.2) is 23.1 Å². The van der Waals surface area contributed by atoms with Gasteiger partial charge < -0.3 is 14.8 Å². The zero-order valence-electron chi connectivity index (χ0n) is 13.3. The van der Waals surface area contributed by atoms with Crippen LogP contribution >= 0.6 is 12.4 Å². The molecule has 2 saturated heterocycles. The third-order valence-electron chi connectivity index (χ3n) is 4.61. The van der Waals surface area contributed by atoms with Crippen molar-refractivity contribution in [3.05, 3.63) is 18.2 Å². The number of piperidine rings is 1. The largest absolute Gasteiger partial charge is 0.493 e. The van der Waals surface area contributed by atoms with Crippen LogP contribution in [-0.4, -0.2) is 52.6 Å². The average molecular weight is 363 g/mol. The molecule has 2 atom stereocenters. The van der Waals surface area contributed by atoms with Crippen LogP contribution in [0.3, 0.4) is 0 Å². The zero-order valence-corrected chi connectivity index (χ0v) is 15.0. The monoisotopic (exact) mass is 362 g/mol. The molecule has 23 heavy (non-hydrogen) atoms. The van der Waals surface area contributed by atoms with Gasteiger partial charge in [-0.1, -0.05) is 0 Å². The average Bonchev–Trinajstić information content (AvgIpc) is 3.01. The maximum Gasteiger partial charge on any atom is 0.243 e. The second-order valence-corrected chi connectivity index (χ2v) is 7.72. The van der Waals surface area contributed by atoms with Gasteiger partial charge in [0, 0.05) is 25.2 Å². The van der Waals surface area contributed by atoms with Crippen LogP contribution in [0.4, 0.5) is 0 Å². The smallest absolute Gasteiger partial charge is 0.243 e. The lowest BCUT2D eigenvalue weighted by Gasteiger charge is -2.34. The Hall–Kier alpha value is -1.02. The fraction of sp³-hybridized carbons (Fsp3) is 0.600. The number of methoxy groups -OCH3 is 2. The van der Waals surface area contributed by atoms with Crippen molar-refractivity contribution >= 4 is 22.4 Å². The van der Waals surface area contributed by atoms with Gasteiger partial charge in [0.2, 0.25) is 10.0 Å². The third-order valence-corrected chi connectivity index (χ3v) is 6.47. The van der Waals surface area contributed by atoms with E-state index in [4.69, 9.17) is 9.47 Å². The lowest BCUT2D eigenvalue weighted by molar-refractivity contribution is 0.247. The van der Waals surface area contributed by atoms with Crippen LogP contribution in [0.1, 0.15) is 12.8 Å². The summed E-state index contributed by atoms with van der Waals surface area (Å²) in [4.78, 5) is 0.259. The molecule has 0 amide bonds. The summed E-state index contributed by atoms with van der Waals surface area (Å²) >= 11 is 0. The van der Waals surface area contributed by atoms with Crippen LogP contribution < -0.4 is 14.8 Å².